The Bertz CT molecular complexity index is 1040. The molecule has 1 saturated carbocycles. The van der Waals surface area contributed by atoms with Crippen molar-refractivity contribution in [2.24, 2.45) is 0 Å². The maximum absolute atomic E-state index is 14.7. The molecule has 1 aromatic heterocycles. The molecule has 4 rings (SSSR count). The molecule has 10 heteroatoms. The molecule has 2 aliphatic rings. The first-order valence-corrected chi connectivity index (χ1v) is 11.6. The summed E-state index contributed by atoms with van der Waals surface area (Å²) in [6.07, 6.45) is 5.13. The van der Waals surface area contributed by atoms with Gasteiger partial charge >= 0.3 is 5.97 Å². The molecule has 0 spiro atoms. The average molecular weight is 476 g/mol. The van der Waals surface area contributed by atoms with Crippen molar-refractivity contribution in [3.63, 3.8) is 0 Å². The van der Waals surface area contributed by atoms with E-state index < -0.39 is 11.9 Å². The topological polar surface area (TPSA) is 79.8 Å². The lowest BCUT2D eigenvalue weighted by atomic mass is 10.2. The highest BCUT2D eigenvalue weighted by Gasteiger charge is 2.41. The van der Waals surface area contributed by atoms with Gasteiger partial charge in [-0.3, -0.25) is 0 Å². The van der Waals surface area contributed by atoms with Gasteiger partial charge in [-0.05, 0) is 44.9 Å². The molecular weight excluding hydrogens is 444 g/mol. The summed E-state index contributed by atoms with van der Waals surface area (Å²) in [5.41, 5.74) is 1.48. The predicted molar refractivity (Wildman–Crippen MR) is 127 cm³/mol. The van der Waals surface area contributed by atoms with Gasteiger partial charge in [-0.1, -0.05) is 12.8 Å². The smallest absolute Gasteiger partial charge is 0.338 e. The van der Waals surface area contributed by atoms with Crippen molar-refractivity contribution < 1.29 is 23.0 Å². The van der Waals surface area contributed by atoms with E-state index in [4.69, 9.17) is 9.47 Å². The quantitative estimate of drug-likeness (QED) is 0.606. The fourth-order valence-corrected chi connectivity index (χ4v) is 4.56. The highest BCUT2D eigenvalue weighted by Crippen LogP contribution is 2.39. The third-order valence-electron chi connectivity index (χ3n) is 6.10. The number of fused-ring (bicyclic) bond motifs is 1. The van der Waals surface area contributed by atoms with Gasteiger partial charge in [0.05, 0.1) is 49.4 Å². The number of benzene rings is 1. The fraction of sp³-hybridized carbons (Fsp3) is 0.542. The Balaban J connectivity index is 1.65. The van der Waals surface area contributed by atoms with Crippen molar-refractivity contribution in [2.45, 2.75) is 57.6 Å². The van der Waals surface area contributed by atoms with Crippen molar-refractivity contribution in [2.75, 3.05) is 42.4 Å². The van der Waals surface area contributed by atoms with Crippen LogP contribution in [-0.4, -0.2) is 61.3 Å². The molecule has 2 aromatic rings. The van der Waals surface area contributed by atoms with E-state index in [1.54, 1.807) is 50.2 Å². The van der Waals surface area contributed by atoms with E-state index in [1.807, 2.05) is 0 Å². The average Bonchev–Trinajstić information content (AvgIpc) is 3.28. The number of hydrogen-bond donors (Lipinski definition) is 1. The number of nitrogens with zero attached hydrogens (tertiary/aromatic N) is 4. The minimum Gasteiger partial charge on any atom is -0.495 e. The molecule has 34 heavy (non-hydrogen) atoms. The number of nitrogens with one attached hydrogen (secondary N) is 1. The lowest BCUT2D eigenvalue weighted by Crippen LogP contribution is -2.44. The van der Waals surface area contributed by atoms with Gasteiger partial charge in [0.15, 0.2) is 5.82 Å². The molecule has 184 valence electrons. The van der Waals surface area contributed by atoms with Crippen molar-refractivity contribution in [3.8, 4) is 5.75 Å². The summed E-state index contributed by atoms with van der Waals surface area (Å²) in [7, 11) is 3.13. The van der Waals surface area contributed by atoms with Crippen LogP contribution in [0.3, 0.4) is 0 Å². The van der Waals surface area contributed by atoms with Gasteiger partial charge in [-0.25, -0.2) is 18.6 Å². The highest BCUT2D eigenvalue weighted by atomic mass is 19.3. The number of anilines is 4. The normalized spacial score (nSPS) is 18.0. The van der Waals surface area contributed by atoms with E-state index in [-0.39, 0.29) is 31.2 Å². The Morgan fingerprint density at radius 3 is 2.65 bits per heavy atom. The lowest BCUT2D eigenvalue weighted by molar-refractivity contribution is 0.0177. The zero-order chi connectivity index (χ0) is 24.5. The van der Waals surface area contributed by atoms with Crippen LogP contribution in [0.4, 0.5) is 31.9 Å². The molecule has 0 atom stereocenters. The Kier molecular flexibility index (Phi) is 6.77. The number of hydrogen-bond acceptors (Lipinski definition) is 8. The molecular formula is C24H31F2N5O3. The zero-order valence-corrected chi connectivity index (χ0v) is 20.0. The molecule has 2 heterocycles. The van der Waals surface area contributed by atoms with Crippen LogP contribution >= 0.6 is 0 Å². The largest absolute Gasteiger partial charge is 0.495 e. The van der Waals surface area contributed by atoms with Crippen LogP contribution in [-0.2, 0) is 4.74 Å². The predicted octanol–water partition coefficient (Wildman–Crippen LogP) is 4.63. The molecule has 0 bridgehead atoms. The van der Waals surface area contributed by atoms with Crippen LogP contribution in [0.25, 0.3) is 0 Å². The van der Waals surface area contributed by atoms with Crippen LogP contribution in [0.15, 0.2) is 24.4 Å². The van der Waals surface area contributed by atoms with Crippen LogP contribution < -0.4 is 19.9 Å². The van der Waals surface area contributed by atoms with E-state index in [9.17, 15) is 13.6 Å². The highest BCUT2D eigenvalue weighted by molar-refractivity contribution is 5.91. The summed E-state index contributed by atoms with van der Waals surface area (Å²) in [4.78, 5) is 24.5. The van der Waals surface area contributed by atoms with Gasteiger partial charge in [0.1, 0.15) is 5.75 Å². The molecule has 1 N–H and O–H groups in total. The van der Waals surface area contributed by atoms with Gasteiger partial charge in [-0.2, -0.15) is 4.98 Å². The summed E-state index contributed by atoms with van der Waals surface area (Å²) in [6, 6.07) is 4.91. The standard InChI is InChI=1S/C24H31F2N5O3/c1-15(2)34-22(32)16-9-10-18(20(11-16)33-4)28-23-27-12-19-21(29-23)31(17-7-5-6-8-17)14-24(25,26)13-30(19)3/h9-12,15,17H,5-8,13-14H2,1-4H3,(H,27,28,29). The van der Waals surface area contributed by atoms with Crippen molar-refractivity contribution in [1.29, 1.82) is 0 Å². The summed E-state index contributed by atoms with van der Waals surface area (Å²) in [6.45, 7) is 2.80. The SMILES string of the molecule is COc1cc(C(=O)OC(C)C)ccc1Nc1ncc2c(n1)N(C1CCCC1)CC(F)(F)CN2C. The number of esters is 1. The Morgan fingerprint density at radius 2 is 1.97 bits per heavy atom. The van der Waals surface area contributed by atoms with Gasteiger partial charge < -0.3 is 24.6 Å². The fourth-order valence-electron chi connectivity index (χ4n) is 4.56. The first-order chi connectivity index (χ1) is 16.2. The van der Waals surface area contributed by atoms with Gasteiger partial charge in [0.2, 0.25) is 5.95 Å². The number of carbonyl (C=O) groups excluding carboxylic acids is 1. The summed E-state index contributed by atoms with van der Waals surface area (Å²) in [5, 5.41) is 3.12. The number of methoxy groups -OCH3 is 1. The number of rotatable bonds is 6. The maximum atomic E-state index is 14.7. The van der Waals surface area contributed by atoms with E-state index in [2.05, 4.69) is 15.3 Å². The third-order valence-corrected chi connectivity index (χ3v) is 6.10. The summed E-state index contributed by atoms with van der Waals surface area (Å²) in [5.74, 6) is -2.14. The molecule has 1 aliphatic carbocycles. The molecule has 0 radical (unpaired) electrons. The van der Waals surface area contributed by atoms with Gasteiger partial charge in [-0.15, -0.1) is 0 Å². The Labute approximate surface area is 198 Å². The van der Waals surface area contributed by atoms with Crippen molar-refractivity contribution in [1.82, 2.24) is 9.97 Å². The van der Waals surface area contributed by atoms with E-state index in [0.717, 1.165) is 25.7 Å². The summed E-state index contributed by atoms with van der Waals surface area (Å²) < 4.78 is 40.1. The second-order valence-corrected chi connectivity index (χ2v) is 9.17. The van der Waals surface area contributed by atoms with E-state index in [1.165, 1.54) is 12.0 Å². The van der Waals surface area contributed by atoms with Crippen LogP contribution in [0.5, 0.6) is 5.75 Å². The van der Waals surface area contributed by atoms with E-state index in [0.29, 0.717) is 28.5 Å². The van der Waals surface area contributed by atoms with Crippen molar-refractivity contribution in [3.05, 3.63) is 30.0 Å². The number of alkyl halides is 2. The maximum Gasteiger partial charge on any atom is 0.338 e. The van der Waals surface area contributed by atoms with Crippen molar-refractivity contribution >= 4 is 29.1 Å². The molecule has 1 fully saturated rings. The summed E-state index contributed by atoms with van der Waals surface area (Å²) >= 11 is 0. The lowest BCUT2D eigenvalue weighted by Gasteiger charge is -2.31. The minimum absolute atomic E-state index is 0.0275. The minimum atomic E-state index is -2.87. The van der Waals surface area contributed by atoms with Crippen LogP contribution in [0.2, 0.25) is 0 Å². The second kappa shape index (κ2) is 9.60. The molecule has 0 unspecified atom stereocenters. The zero-order valence-electron chi connectivity index (χ0n) is 20.0. The monoisotopic (exact) mass is 475 g/mol. The first-order valence-electron chi connectivity index (χ1n) is 11.6. The third kappa shape index (κ3) is 5.15. The van der Waals surface area contributed by atoms with Crippen LogP contribution in [0, 0.1) is 0 Å². The first kappa shape index (κ1) is 24.0. The second-order valence-electron chi connectivity index (χ2n) is 9.17. The van der Waals surface area contributed by atoms with Gasteiger partial charge in [0.25, 0.3) is 5.92 Å². The van der Waals surface area contributed by atoms with Crippen LogP contribution in [0.1, 0.15) is 49.9 Å². The number of carbonyl (C=O) groups is 1. The number of halogens is 2. The Hall–Kier alpha value is -3.17. The van der Waals surface area contributed by atoms with Gasteiger partial charge in [0, 0.05) is 13.1 Å². The molecule has 0 saturated heterocycles. The molecule has 1 aromatic carbocycles. The Morgan fingerprint density at radius 1 is 1.24 bits per heavy atom. The molecule has 0 amide bonds. The number of ether oxygens (including phenoxy) is 2. The van der Waals surface area contributed by atoms with E-state index >= 15 is 0 Å². The molecule has 1 aliphatic heterocycles. The number of aromatic nitrogens is 2. The molecule has 8 nitrogen and oxygen atoms in total.